The zero-order chi connectivity index (χ0) is 9.10. The molecule has 1 aliphatic heterocycles. The van der Waals surface area contributed by atoms with Gasteiger partial charge in [0.25, 0.3) is 0 Å². The lowest BCUT2D eigenvalue weighted by Crippen LogP contribution is -2.11. The van der Waals surface area contributed by atoms with Crippen LogP contribution in [0.25, 0.3) is 0 Å². The first-order chi connectivity index (χ1) is 6.40. The van der Waals surface area contributed by atoms with E-state index in [0.717, 1.165) is 24.8 Å². The van der Waals surface area contributed by atoms with Crippen LogP contribution < -0.4 is 5.32 Å². The minimum absolute atomic E-state index is 0.523. The molecule has 0 fully saturated rings. The molecule has 2 rings (SSSR count). The third-order valence-corrected chi connectivity index (χ3v) is 2.43. The maximum atomic E-state index is 10.3. The summed E-state index contributed by atoms with van der Waals surface area (Å²) in [5.41, 5.74) is 3.69. The highest BCUT2D eigenvalue weighted by atomic mass is 16.1. The number of carbonyl (C=O) groups excluding carboxylic acids is 1. The van der Waals surface area contributed by atoms with E-state index in [4.69, 9.17) is 0 Å². The summed E-state index contributed by atoms with van der Waals surface area (Å²) in [5.74, 6) is 0. The summed E-state index contributed by atoms with van der Waals surface area (Å²) in [4.78, 5) is 10.3. The van der Waals surface area contributed by atoms with Crippen molar-refractivity contribution in [3.8, 4) is 0 Å². The maximum Gasteiger partial charge on any atom is 0.124 e. The van der Waals surface area contributed by atoms with E-state index < -0.39 is 0 Å². The standard InChI is InChI=1S/C11H13NO/c13-7-5-9-3-4-10-2-1-6-12-11(10)8-9/h3-4,7-8,12H,1-2,5-6H2. The Morgan fingerprint density at radius 2 is 2.38 bits per heavy atom. The van der Waals surface area contributed by atoms with Gasteiger partial charge in [0.2, 0.25) is 0 Å². The number of aryl methyl sites for hydroxylation is 1. The van der Waals surface area contributed by atoms with Crippen LogP contribution in [0.5, 0.6) is 0 Å². The van der Waals surface area contributed by atoms with Crippen LogP contribution in [0.3, 0.4) is 0 Å². The summed E-state index contributed by atoms with van der Waals surface area (Å²) < 4.78 is 0. The molecular formula is C11H13NO. The first-order valence-corrected chi connectivity index (χ1v) is 4.69. The van der Waals surface area contributed by atoms with Crippen LogP contribution in [0, 0.1) is 0 Å². The Morgan fingerprint density at radius 3 is 3.23 bits per heavy atom. The fourth-order valence-electron chi connectivity index (χ4n) is 1.73. The van der Waals surface area contributed by atoms with E-state index in [0.29, 0.717) is 6.42 Å². The normalized spacial score (nSPS) is 14.5. The van der Waals surface area contributed by atoms with Crippen LogP contribution >= 0.6 is 0 Å². The number of benzene rings is 1. The summed E-state index contributed by atoms with van der Waals surface area (Å²) in [6.45, 7) is 1.05. The van der Waals surface area contributed by atoms with Gasteiger partial charge in [0, 0.05) is 18.7 Å². The molecule has 0 saturated heterocycles. The average Bonchev–Trinajstić information content (AvgIpc) is 2.18. The Bertz CT molecular complexity index is 320. The van der Waals surface area contributed by atoms with Crippen LogP contribution in [0.15, 0.2) is 18.2 Å². The number of anilines is 1. The summed E-state index contributed by atoms with van der Waals surface area (Å²) in [6, 6.07) is 6.25. The highest BCUT2D eigenvalue weighted by molar-refractivity contribution is 5.60. The van der Waals surface area contributed by atoms with Gasteiger partial charge >= 0.3 is 0 Å². The Kier molecular flexibility index (Phi) is 2.30. The molecule has 1 heterocycles. The number of hydrogen-bond acceptors (Lipinski definition) is 2. The Labute approximate surface area is 78.0 Å². The van der Waals surface area contributed by atoms with E-state index in [1.165, 1.54) is 17.7 Å². The van der Waals surface area contributed by atoms with E-state index in [2.05, 4.69) is 17.4 Å². The molecule has 0 bridgehead atoms. The van der Waals surface area contributed by atoms with Gasteiger partial charge in [-0.2, -0.15) is 0 Å². The van der Waals surface area contributed by atoms with E-state index in [-0.39, 0.29) is 0 Å². The Balaban J connectivity index is 2.29. The number of fused-ring (bicyclic) bond motifs is 1. The van der Waals surface area contributed by atoms with Crippen molar-refractivity contribution >= 4 is 12.0 Å². The highest BCUT2D eigenvalue weighted by Gasteiger charge is 2.07. The third kappa shape index (κ3) is 1.72. The fourth-order valence-corrected chi connectivity index (χ4v) is 1.73. The van der Waals surface area contributed by atoms with Crippen molar-refractivity contribution in [3.63, 3.8) is 0 Å². The van der Waals surface area contributed by atoms with Gasteiger partial charge in [-0.15, -0.1) is 0 Å². The minimum Gasteiger partial charge on any atom is -0.385 e. The largest absolute Gasteiger partial charge is 0.385 e. The lowest BCUT2D eigenvalue weighted by molar-refractivity contribution is -0.107. The van der Waals surface area contributed by atoms with Crippen LogP contribution in [0.4, 0.5) is 5.69 Å². The second-order valence-electron chi connectivity index (χ2n) is 3.39. The van der Waals surface area contributed by atoms with Gasteiger partial charge in [-0.1, -0.05) is 12.1 Å². The lowest BCUT2D eigenvalue weighted by Gasteiger charge is -2.18. The monoisotopic (exact) mass is 175 g/mol. The third-order valence-electron chi connectivity index (χ3n) is 2.43. The predicted molar refractivity (Wildman–Crippen MR) is 53.0 cm³/mol. The van der Waals surface area contributed by atoms with Gasteiger partial charge in [-0.3, -0.25) is 0 Å². The van der Waals surface area contributed by atoms with E-state index in [1.807, 2.05) is 6.07 Å². The average molecular weight is 175 g/mol. The van der Waals surface area contributed by atoms with Gasteiger partial charge in [-0.05, 0) is 30.0 Å². The zero-order valence-electron chi connectivity index (χ0n) is 7.55. The lowest BCUT2D eigenvalue weighted by atomic mass is 10.0. The molecule has 0 atom stereocenters. The summed E-state index contributed by atoms with van der Waals surface area (Å²) in [6.07, 6.45) is 3.84. The molecule has 1 N–H and O–H groups in total. The van der Waals surface area contributed by atoms with Gasteiger partial charge in [0.15, 0.2) is 0 Å². The van der Waals surface area contributed by atoms with Crippen LogP contribution in [-0.4, -0.2) is 12.8 Å². The number of hydrogen-bond donors (Lipinski definition) is 1. The van der Waals surface area contributed by atoms with Gasteiger partial charge in [0.1, 0.15) is 6.29 Å². The van der Waals surface area contributed by atoms with Gasteiger partial charge in [-0.25, -0.2) is 0 Å². The number of rotatable bonds is 2. The molecule has 13 heavy (non-hydrogen) atoms. The predicted octanol–water partition coefficient (Wildman–Crippen LogP) is 1.79. The van der Waals surface area contributed by atoms with Crippen molar-refractivity contribution in [2.24, 2.45) is 0 Å². The van der Waals surface area contributed by atoms with Gasteiger partial charge in [0.05, 0.1) is 0 Å². The van der Waals surface area contributed by atoms with Crippen LogP contribution in [0.2, 0.25) is 0 Å². The molecule has 1 aromatic carbocycles. The van der Waals surface area contributed by atoms with E-state index in [9.17, 15) is 4.79 Å². The molecule has 0 saturated carbocycles. The topological polar surface area (TPSA) is 29.1 Å². The minimum atomic E-state index is 0.523. The second kappa shape index (κ2) is 3.60. The summed E-state index contributed by atoms with van der Waals surface area (Å²) >= 11 is 0. The zero-order valence-corrected chi connectivity index (χ0v) is 7.55. The molecule has 1 aromatic rings. The number of carbonyl (C=O) groups is 1. The molecule has 0 aliphatic carbocycles. The summed E-state index contributed by atoms with van der Waals surface area (Å²) in [7, 11) is 0. The molecule has 0 unspecified atom stereocenters. The molecule has 68 valence electrons. The van der Waals surface area contributed by atoms with Crippen molar-refractivity contribution in [1.29, 1.82) is 0 Å². The molecule has 0 radical (unpaired) electrons. The first kappa shape index (κ1) is 8.30. The second-order valence-corrected chi connectivity index (χ2v) is 3.39. The van der Waals surface area contributed by atoms with E-state index in [1.54, 1.807) is 0 Å². The molecule has 0 spiro atoms. The Hall–Kier alpha value is -1.31. The number of nitrogens with one attached hydrogen (secondary N) is 1. The van der Waals surface area contributed by atoms with Crippen molar-refractivity contribution < 1.29 is 4.79 Å². The molecule has 0 amide bonds. The SMILES string of the molecule is O=CCc1ccc2c(c1)NCCC2. The van der Waals surface area contributed by atoms with Crippen LogP contribution in [-0.2, 0) is 17.6 Å². The number of aldehydes is 1. The fraction of sp³-hybridized carbons (Fsp3) is 0.364. The van der Waals surface area contributed by atoms with Crippen molar-refractivity contribution in [2.75, 3.05) is 11.9 Å². The quantitative estimate of drug-likeness (QED) is 0.694. The molecule has 2 heteroatoms. The summed E-state index contributed by atoms with van der Waals surface area (Å²) in [5, 5.41) is 3.35. The van der Waals surface area contributed by atoms with E-state index >= 15 is 0 Å². The Morgan fingerprint density at radius 1 is 1.46 bits per heavy atom. The highest BCUT2D eigenvalue weighted by Crippen LogP contribution is 2.22. The van der Waals surface area contributed by atoms with Crippen molar-refractivity contribution in [1.82, 2.24) is 0 Å². The smallest absolute Gasteiger partial charge is 0.124 e. The molecule has 0 aromatic heterocycles. The van der Waals surface area contributed by atoms with Crippen molar-refractivity contribution in [2.45, 2.75) is 19.3 Å². The first-order valence-electron chi connectivity index (χ1n) is 4.69. The van der Waals surface area contributed by atoms with Crippen LogP contribution in [0.1, 0.15) is 17.5 Å². The van der Waals surface area contributed by atoms with Crippen molar-refractivity contribution in [3.05, 3.63) is 29.3 Å². The molecular weight excluding hydrogens is 162 g/mol. The van der Waals surface area contributed by atoms with Gasteiger partial charge < -0.3 is 10.1 Å². The molecule has 1 aliphatic rings. The maximum absolute atomic E-state index is 10.3. The molecule has 2 nitrogen and oxygen atoms in total.